The van der Waals surface area contributed by atoms with E-state index in [0.717, 1.165) is 25.9 Å². The first-order valence-corrected chi connectivity index (χ1v) is 6.21. The van der Waals surface area contributed by atoms with E-state index in [2.05, 4.69) is 0 Å². The number of nitrogens with zero attached hydrogens (tertiary/aromatic N) is 1. The van der Waals surface area contributed by atoms with Gasteiger partial charge in [0.15, 0.2) is 0 Å². The molecule has 2 unspecified atom stereocenters. The van der Waals surface area contributed by atoms with Gasteiger partial charge in [0.2, 0.25) is 5.91 Å². The first-order chi connectivity index (χ1) is 7.19. The van der Waals surface area contributed by atoms with Gasteiger partial charge in [-0.3, -0.25) is 4.79 Å². The summed E-state index contributed by atoms with van der Waals surface area (Å²) in [5, 5.41) is 9.98. The predicted octanol–water partition coefficient (Wildman–Crippen LogP) is 1.65. The van der Waals surface area contributed by atoms with Crippen LogP contribution in [0.3, 0.4) is 0 Å². The van der Waals surface area contributed by atoms with Crippen molar-refractivity contribution in [2.45, 2.75) is 46.1 Å². The number of rotatable bonds is 0. The Morgan fingerprint density at radius 3 is 2.06 bits per heavy atom. The number of carbonyl (C=O) groups is 1. The van der Waals surface area contributed by atoms with E-state index in [0.29, 0.717) is 11.8 Å². The van der Waals surface area contributed by atoms with Crippen LogP contribution in [0.1, 0.15) is 40.5 Å². The summed E-state index contributed by atoms with van der Waals surface area (Å²) >= 11 is 0. The van der Waals surface area contributed by atoms with E-state index in [1.54, 1.807) is 0 Å². The van der Waals surface area contributed by atoms with Crippen molar-refractivity contribution in [3.63, 3.8) is 0 Å². The average molecular weight is 225 g/mol. The summed E-state index contributed by atoms with van der Waals surface area (Å²) in [6.07, 6.45) is 1.71. The molecule has 2 rings (SSSR count). The quantitative estimate of drug-likeness (QED) is 0.681. The molecule has 0 radical (unpaired) electrons. The van der Waals surface area contributed by atoms with Crippen LogP contribution in [0.15, 0.2) is 0 Å². The maximum absolute atomic E-state index is 12.1. The van der Waals surface area contributed by atoms with Gasteiger partial charge in [-0.25, -0.2) is 0 Å². The molecule has 2 atom stereocenters. The van der Waals surface area contributed by atoms with E-state index in [1.165, 1.54) is 0 Å². The SMILES string of the molecule is CC1(O)CC2CN(C(=O)C(C)(C)C)CC2C1. The largest absolute Gasteiger partial charge is 0.390 e. The molecule has 0 aromatic rings. The van der Waals surface area contributed by atoms with Crippen LogP contribution in [0.4, 0.5) is 0 Å². The van der Waals surface area contributed by atoms with E-state index in [4.69, 9.17) is 0 Å². The molecule has 1 aliphatic heterocycles. The molecular formula is C13H23NO2. The van der Waals surface area contributed by atoms with Crippen molar-refractivity contribution < 1.29 is 9.90 Å². The maximum Gasteiger partial charge on any atom is 0.227 e. The number of hydrogen-bond donors (Lipinski definition) is 1. The van der Waals surface area contributed by atoms with Gasteiger partial charge >= 0.3 is 0 Å². The zero-order valence-electron chi connectivity index (χ0n) is 10.8. The molecule has 1 saturated heterocycles. The minimum atomic E-state index is -0.494. The highest BCUT2D eigenvalue weighted by molar-refractivity contribution is 5.81. The van der Waals surface area contributed by atoms with Crippen LogP contribution in [-0.4, -0.2) is 34.6 Å². The lowest BCUT2D eigenvalue weighted by atomic mass is 9.94. The molecular weight excluding hydrogens is 202 g/mol. The summed E-state index contributed by atoms with van der Waals surface area (Å²) in [7, 11) is 0. The van der Waals surface area contributed by atoms with E-state index in [-0.39, 0.29) is 11.3 Å². The summed E-state index contributed by atoms with van der Waals surface area (Å²) in [4.78, 5) is 14.1. The second kappa shape index (κ2) is 3.46. The lowest BCUT2D eigenvalue weighted by molar-refractivity contribution is -0.138. The number of fused-ring (bicyclic) bond motifs is 1. The van der Waals surface area contributed by atoms with Gasteiger partial charge in [-0.2, -0.15) is 0 Å². The number of hydrogen-bond acceptors (Lipinski definition) is 2. The lowest BCUT2D eigenvalue weighted by Gasteiger charge is -2.27. The zero-order valence-corrected chi connectivity index (χ0v) is 10.8. The Balaban J connectivity index is 2.00. The molecule has 2 aliphatic rings. The summed E-state index contributed by atoms with van der Waals surface area (Å²) in [5.74, 6) is 1.28. The van der Waals surface area contributed by atoms with Crippen LogP contribution >= 0.6 is 0 Å². The van der Waals surface area contributed by atoms with Gasteiger partial charge in [-0.05, 0) is 31.6 Å². The minimum absolute atomic E-state index is 0.251. The minimum Gasteiger partial charge on any atom is -0.390 e. The molecule has 0 aromatic carbocycles. The molecule has 3 heteroatoms. The van der Waals surface area contributed by atoms with Gasteiger partial charge in [0.05, 0.1) is 5.60 Å². The molecule has 2 fully saturated rings. The van der Waals surface area contributed by atoms with Gasteiger partial charge in [0.1, 0.15) is 0 Å². The van der Waals surface area contributed by atoms with Crippen molar-refractivity contribution in [2.75, 3.05) is 13.1 Å². The second-order valence-corrected chi connectivity index (χ2v) is 6.89. The van der Waals surface area contributed by atoms with Crippen molar-refractivity contribution in [1.29, 1.82) is 0 Å². The molecule has 0 bridgehead atoms. The fourth-order valence-electron chi connectivity index (χ4n) is 3.25. The predicted molar refractivity (Wildman–Crippen MR) is 62.9 cm³/mol. The normalized spacial score (nSPS) is 38.9. The summed E-state index contributed by atoms with van der Waals surface area (Å²) in [6.45, 7) is 9.52. The van der Waals surface area contributed by atoms with E-state index in [1.807, 2.05) is 32.6 Å². The Labute approximate surface area is 97.8 Å². The highest BCUT2D eigenvalue weighted by Gasteiger charge is 2.47. The Kier molecular flexibility index (Phi) is 2.57. The molecule has 1 N–H and O–H groups in total. The van der Waals surface area contributed by atoms with Gasteiger partial charge in [-0.1, -0.05) is 20.8 Å². The standard InChI is InChI=1S/C13H23NO2/c1-12(2,3)11(15)14-7-9-5-13(4,16)6-10(9)8-14/h9-10,16H,5-8H2,1-4H3. The van der Waals surface area contributed by atoms with Crippen molar-refractivity contribution in [3.05, 3.63) is 0 Å². The van der Waals surface area contributed by atoms with Crippen molar-refractivity contribution in [2.24, 2.45) is 17.3 Å². The number of aliphatic hydroxyl groups is 1. The van der Waals surface area contributed by atoms with Crippen LogP contribution in [-0.2, 0) is 4.79 Å². The van der Waals surface area contributed by atoms with Crippen LogP contribution in [0.25, 0.3) is 0 Å². The third-order valence-electron chi connectivity index (χ3n) is 3.91. The molecule has 0 spiro atoms. The van der Waals surface area contributed by atoms with Gasteiger partial charge in [0.25, 0.3) is 0 Å². The highest BCUT2D eigenvalue weighted by Crippen LogP contribution is 2.44. The number of amides is 1. The van der Waals surface area contributed by atoms with Crippen molar-refractivity contribution in [1.82, 2.24) is 4.90 Å². The van der Waals surface area contributed by atoms with Gasteiger partial charge in [0, 0.05) is 18.5 Å². The number of likely N-dealkylation sites (tertiary alicyclic amines) is 1. The molecule has 1 amide bonds. The fraction of sp³-hybridized carbons (Fsp3) is 0.923. The first kappa shape index (κ1) is 11.9. The Bertz CT molecular complexity index is 288. The highest BCUT2D eigenvalue weighted by atomic mass is 16.3. The number of carbonyl (C=O) groups excluding carboxylic acids is 1. The van der Waals surface area contributed by atoms with E-state index >= 15 is 0 Å². The maximum atomic E-state index is 12.1. The monoisotopic (exact) mass is 225 g/mol. The molecule has 3 nitrogen and oxygen atoms in total. The summed E-state index contributed by atoms with van der Waals surface area (Å²) in [6, 6.07) is 0. The topological polar surface area (TPSA) is 40.5 Å². The third-order valence-corrected chi connectivity index (χ3v) is 3.91. The second-order valence-electron chi connectivity index (χ2n) is 6.89. The summed E-state index contributed by atoms with van der Waals surface area (Å²) in [5.41, 5.74) is -0.770. The van der Waals surface area contributed by atoms with Gasteiger partial charge in [-0.15, -0.1) is 0 Å². The zero-order chi connectivity index (χ0) is 12.1. The molecule has 1 saturated carbocycles. The van der Waals surface area contributed by atoms with Crippen molar-refractivity contribution in [3.8, 4) is 0 Å². The molecule has 16 heavy (non-hydrogen) atoms. The molecule has 0 aromatic heterocycles. The Hall–Kier alpha value is -0.570. The van der Waals surface area contributed by atoms with Gasteiger partial charge < -0.3 is 10.0 Å². The third kappa shape index (κ3) is 2.10. The Morgan fingerprint density at radius 2 is 1.69 bits per heavy atom. The van der Waals surface area contributed by atoms with Crippen LogP contribution in [0.2, 0.25) is 0 Å². The average Bonchev–Trinajstić information content (AvgIpc) is 2.54. The van der Waals surface area contributed by atoms with Crippen LogP contribution in [0, 0.1) is 17.3 Å². The fourth-order valence-corrected chi connectivity index (χ4v) is 3.25. The van der Waals surface area contributed by atoms with Crippen LogP contribution in [0.5, 0.6) is 0 Å². The Morgan fingerprint density at radius 1 is 1.25 bits per heavy atom. The van der Waals surface area contributed by atoms with Crippen LogP contribution < -0.4 is 0 Å². The van der Waals surface area contributed by atoms with E-state index < -0.39 is 5.60 Å². The molecule has 1 aliphatic carbocycles. The lowest BCUT2D eigenvalue weighted by Crippen LogP contribution is -2.39. The van der Waals surface area contributed by atoms with E-state index in [9.17, 15) is 9.90 Å². The summed E-state index contributed by atoms with van der Waals surface area (Å²) < 4.78 is 0. The van der Waals surface area contributed by atoms with Crippen molar-refractivity contribution >= 4 is 5.91 Å². The smallest absolute Gasteiger partial charge is 0.227 e. The molecule has 92 valence electrons. The first-order valence-electron chi connectivity index (χ1n) is 6.21. The molecule has 1 heterocycles.